The zero-order chi connectivity index (χ0) is 15.7. The monoisotopic (exact) mass is 310 g/mol. The second kappa shape index (κ2) is 6.23. The lowest BCUT2D eigenvalue weighted by Crippen LogP contribution is -2.44. The maximum Gasteiger partial charge on any atom is 0.190 e. The average Bonchev–Trinajstić information content (AvgIpc) is 2.97. The molecular formula is C16H22O6. The lowest BCUT2D eigenvalue weighted by Gasteiger charge is -2.28. The summed E-state index contributed by atoms with van der Waals surface area (Å²) in [6, 6.07) is 9.73. The van der Waals surface area contributed by atoms with Gasteiger partial charge in [-0.1, -0.05) is 30.3 Å². The standard InChI is InChI=1S/C16H22O6/c1-16(2)21-14-13(19-9-10-6-4-3-5-7-10)12(11(18)8-17)20-15(14)22-16/h3-7,11-15,17-18H,8-9H2,1-2H3/t11-,12?,13-,14-,15-/m1/s1. The smallest absolute Gasteiger partial charge is 0.190 e. The van der Waals surface area contributed by atoms with Crippen LogP contribution in [0.25, 0.3) is 0 Å². The first kappa shape index (κ1) is 15.9. The zero-order valence-electron chi connectivity index (χ0n) is 12.7. The van der Waals surface area contributed by atoms with E-state index in [1.165, 1.54) is 0 Å². The van der Waals surface area contributed by atoms with E-state index in [-0.39, 0.29) is 0 Å². The van der Waals surface area contributed by atoms with Crippen LogP contribution in [0, 0.1) is 0 Å². The van der Waals surface area contributed by atoms with E-state index in [4.69, 9.17) is 18.9 Å². The van der Waals surface area contributed by atoms with E-state index in [1.807, 2.05) is 30.3 Å². The first-order valence-electron chi connectivity index (χ1n) is 7.46. The van der Waals surface area contributed by atoms with Gasteiger partial charge in [0.25, 0.3) is 0 Å². The highest BCUT2D eigenvalue weighted by atomic mass is 16.8. The zero-order valence-corrected chi connectivity index (χ0v) is 12.7. The van der Waals surface area contributed by atoms with Crippen LogP contribution in [-0.4, -0.2) is 53.3 Å². The Kier molecular flexibility index (Phi) is 4.49. The van der Waals surface area contributed by atoms with Gasteiger partial charge in [-0.2, -0.15) is 0 Å². The predicted octanol–water partition coefficient (Wildman–Crippen LogP) is 0.801. The molecule has 0 spiro atoms. The fraction of sp³-hybridized carbons (Fsp3) is 0.625. The molecule has 6 nitrogen and oxygen atoms in total. The molecule has 0 bridgehead atoms. The van der Waals surface area contributed by atoms with Crippen LogP contribution in [0.15, 0.2) is 30.3 Å². The topological polar surface area (TPSA) is 77.4 Å². The quantitative estimate of drug-likeness (QED) is 0.838. The maximum absolute atomic E-state index is 9.94. The van der Waals surface area contributed by atoms with E-state index in [2.05, 4.69) is 0 Å². The molecule has 0 amide bonds. The Morgan fingerprint density at radius 2 is 1.95 bits per heavy atom. The number of benzene rings is 1. The van der Waals surface area contributed by atoms with Gasteiger partial charge in [0.2, 0.25) is 0 Å². The van der Waals surface area contributed by atoms with Crippen LogP contribution < -0.4 is 0 Å². The summed E-state index contributed by atoms with van der Waals surface area (Å²) < 4.78 is 23.1. The molecule has 2 aliphatic heterocycles. The van der Waals surface area contributed by atoms with Crippen LogP contribution in [0.2, 0.25) is 0 Å². The van der Waals surface area contributed by atoms with Crippen LogP contribution in [0.4, 0.5) is 0 Å². The van der Waals surface area contributed by atoms with Crippen molar-refractivity contribution < 1.29 is 29.2 Å². The van der Waals surface area contributed by atoms with Crippen molar-refractivity contribution in [2.45, 2.75) is 56.9 Å². The van der Waals surface area contributed by atoms with Gasteiger partial charge in [-0.3, -0.25) is 0 Å². The van der Waals surface area contributed by atoms with Crippen LogP contribution in [0.1, 0.15) is 19.4 Å². The Morgan fingerprint density at radius 3 is 2.64 bits per heavy atom. The maximum atomic E-state index is 9.94. The summed E-state index contributed by atoms with van der Waals surface area (Å²) in [5, 5.41) is 19.1. The molecule has 2 aliphatic rings. The molecule has 2 fully saturated rings. The Hall–Kier alpha value is -1.02. The molecule has 0 aromatic heterocycles. The Morgan fingerprint density at radius 1 is 1.23 bits per heavy atom. The third-order valence-corrected chi connectivity index (χ3v) is 3.88. The lowest BCUT2D eigenvalue weighted by atomic mass is 10.1. The molecule has 0 aliphatic carbocycles. The fourth-order valence-corrected chi connectivity index (χ4v) is 2.87. The normalized spacial score (nSPS) is 34.5. The van der Waals surface area contributed by atoms with Crippen LogP contribution in [0.5, 0.6) is 0 Å². The van der Waals surface area contributed by atoms with Crippen molar-refractivity contribution in [3.63, 3.8) is 0 Å². The molecular weight excluding hydrogens is 288 g/mol. The van der Waals surface area contributed by atoms with Crippen molar-refractivity contribution in [3.05, 3.63) is 35.9 Å². The molecule has 5 atom stereocenters. The molecule has 2 saturated heterocycles. The summed E-state index contributed by atoms with van der Waals surface area (Å²) in [4.78, 5) is 0. The minimum atomic E-state index is -1.04. The highest BCUT2D eigenvalue weighted by molar-refractivity contribution is 5.13. The van der Waals surface area contributed by atoms with E-state index in [9.17, 15) is 10.2 Å². The van der Waals surface area contributed by atoms with Gasteiger partial charge in [-0.05, 0) is 19.4 Å². The Bertz CT molecular complexity index is 491. The Labute approximate surface area is 129 Å². The molecule has 1 unspecified atom stereocenters. The van der Waals surface area contributed by atoms with Gasteiger partial charge in [-0.15, -0.1) is 0 Å². The number of ether oxygens (including phenoxy) is 4. The number of aliphatic hydroxyl groups excluding tert-OH is 2. The number of hydrogen-bond donors (Lipinski definition) is 2. The number of hydrogen-bond acceptors (Lipinski definition) is 6. The SMILES string of the molecule is CC1(C)O[C@H]2OC([C@H](O)CO)[C@@H](OCc3ccccc3)[C@H]2O1. The molecule has 1 aromatic carbocycles. The molecule has 1 aromatic rings. The third kappa shape index (κ3) is 3.17. The van der Waals surface area contributed by atoms with Crippen molar-refractivity contribution in [1.82, 2.24) is 0 Å². The first-order chi connectivity index (χ1) is 10.5. The minimum absolute atomic E-state index is 0.372. The number of aliphatic hydroxyl groups is 2. The molecule has 0 radical (unpaired) electrons. The van der Waals surface area contributed by atoms with Gasteiger partial charge in [0.05, 0.1) is 13.2 Å². The molecule has 2 heterocycles. The highest BCUT2D eigenvalue weighted by Gasteiger charge is 2.56. The van der Waals surface area contributed by atoms with E-state index < -0.39 is 43.1 Å². The third-order valence-electron chi connectivity index (χ3n) is 3.88. The molecule has 0 saturated carbocycles. The van der Waals surface area contributed by atoms with E-state index in [0.717, 1.165) is 5.56 Å². The summed E-state index contributed by atoms with van der Waals surface area (Å²) >= 11 is 0. The number of fused-ring (bicyclic) bond motifs is 1. The Balaban J connectivity index is 1.71. The van der Waals surface area contributed by atoms with Gasteiger partial charge >= 0.3 is 0 Å². The summed E-state index contributed by atoms with van der Waals surface area (Å²) in [6.07, 6.45) is -3.25. The van der Waals surface area contributed by atoms with Crippen molar-refractivity contribution >= 4 is 0 Å². The number of rotatable bonds is 5. The highest BCUT2D eigenvalue weighted by Crippen LogP contribution is 2.39. The summed E-state index contributed by atoms with van der Waals surface area (Å²) in [6.45, 7) is 3.58. The predicted molar refractivity (Wildman–Crippen MR) is 76.8 cm³/mol. The lowest BCUT2D eigenvalue weighted by molar-refractivity contribution is -0.232. The van der Waals surface area contributed by atoms with Crippen molar-refractivity contribution in [3.8, 4) is 0 Å². The van der Waals surface area contributed by atoms with Crippen LogP contribution >= 0.6 is 0 Å². The van der Waals surface area contributed by atoms with Gasteiger partial charge in [0.1, 0.15) is 24.4 Å². The largest absolute Gasteiger partial charge is 0.394 e. The van der Waals surface area contributed by atoms with E-state index >= 15 is 0 Å². The van der Waals surface area contributed by atoms with Crippen LogP contribution in [-0.2, 0) is 25.6 Å². The molecule has 22 heavy (non-hydrogen) atoms. The molecule has 3 rings (SSSR count). The van der Waals surface area contributed by atoms with Crippen LogP contribution in [0.3, 0.4) is 0 Å². The summed E-state index contributed by atoms with van der Waals surface area (Å²) in [5.41, 5.74) is 1.02. The van der Waals surface area contributed by atoms with Gasteiger partial charge in [-0.25, -0.2) is 0 Å². The van der Waals surface area contributed by atoms with Gasteiger partial charge in [0.15, 0.2) is 12.1 Å². The summed E-state index contributed by atoms with van der Waals surface area (Å²) in [7, 11) is 0. The molecule has 122 valence electrons. The first-order valence-corrected chi connectivity index (χ1v) is 7.46. The van der Waals surface area contributed by atoms with Crippen molar-refractivity contribution in [1.29, 1.82) is 0 Å². The van der Waals surface area contributed by atoms with E-state index in [0.29, 0.717) is 6.61 Å². The second-order valence-corrected chi connectivity index (χ2v) is 6.08. The van der Waals surface area contributed by atoms with Gasteiger partial charge in [0, 0.05) is 0 Å². The molecule has 6 heteroatoms. The fourth-order valence-electron chi connectivity index (χ4n) is 2.87. The second-order valence-electron chi connectivity index (χ2n) is 6.08. The van der Waals surface area contributed by atoms with Crippen molar-refractivity contribution in [2.75, 3.05) is 6.61 Å². The van der Waals surface area contributed by atoms with Gasteiger partial charge < -0.3 is 29.2 Å². The van der Waals surface area contributed by atoms with E-state index in [1.54, 1.807) is 13.8 Å². The molecule has 2 N–H and O–H groups in total. The average molecular weight is 310 g/mol. The summed E-state index contributed by atoms with van der Waals surface area (Å²) in [5.74, 6) is -0.751. The van der Waals surface area contributed by atoms with Crippen molar-refractivity contribution in [2.24, 2.45) is 0 Å². The minimum Gasteiger partial charge on any atom is -0.394 e.